The average Bonchev–Trinajstić information content (AvgIpc) is 2.84. The highest BCUT2D eigenvalue weighted by atomic mass is 19.1. The van der Waals surface area contributed by atoms with Crippen LogP contribution in [0, 0.1) is 5.82 Å². The molecule has 1 aliphatic rings. The van der Waals surface area contributed by atoms with Crippen molar-refractivity contribution in [2.24, 2.45) is 0 Å². The number of hydrogen-bond donors (Lipinski definition) is 2. The number of H-pyrrole nitrogens is 1. The standard InChI is InChI=1S/C20H19FN2O/c1-2-3-12-4-6-13(7-5-12)19-15-8-9-22-20(24)16-10-14(21)11-17(23-19)18(15)16/h4-7,10-11,23H,2-3,8-9H2,1H3,(H,22,24). The monoisotopic (exact) mass is 322 g/mol. The van der Waals surface area contributed by atoms with Gasteiger partial charge in [0.1, 0.15) is 5.82 Å². The first-order chi connectivity index (χ1) is 11.7. The third-order valence-corrected chi connectivity index (χ3v) is 4.65. The first kappa shape index (κ1) is 14.9. The predicted molar refractivity (Wildman–Crippen MR) is 93.7 cm³/mol. The molecule has 2 N–H and O–H groups in total. The van der Waals surface area contributed by atoms with Gasteiger partial charge in [-0.1, -0.05) is 37.6 Å². The molecule has 3 nitrogen and oxygen atoms in total. The van der Waals surface area contributed by atoms with E-state index in [9.17, 15) is 9.18 Å². The van der Waals surface area contributed by atoms with E-state index in [1.165, 1.54) is 17.7 Å². The van der Waals surface area contributed by atoms with Crippen molar-refractivity contribution >= 4 is 16.8 Å². The number of aromatic amines is 1. The molecule has 122 valence electrons. The number of hydrogen-bond acceptors (Lipinski definition) is 1. The molecule has 0 radical (unpaired) electrons. The minimum atomic E-state index is -0.396. The lowest BCUT2D eigenvalue weighted by molar-refractivity contribution is 0.0957. The third-order valence-electron chi connectivity index (χ3n) is 4.65. The highest BCUT2D eigenvalue weighted by Crippen LogP contribution is 2.34. The number of halogens is 1. The molecule has 2 heterocycles. The molecule has 0 fully saturated rings. The Kier molecular flexibility index (Phi) is 3.60. The van der Waals surface area contributed by atoms with Gasteiger partial charge in [0.05, 0.1) is 5.56 Å². The van der Waals surface area contributed by atoms with Crippen LogP contribution in [0.25, 0.3) is 22.2 Å². The van der Waals surface area contributed by atoms with Gasteiger partial charge in [-0.05, 0) is 41.7 Å². The van der Waals surface area contributed by atoms with Gasteiger partial charge in [-0.25, -0.2) is 4.39 Å². The Labute approximate surface area is 139 Å². The van der Waals surface area contributed by atoms with Gasteiger partial charge in [-0.3, -0.25) is 4.79 Å². The molecule has 1 amide bonds. The van der Waals surface area contributed by atoms with Crippen molar-refractivity contribution in [2.45, 2.75) is 26.2 Å². The van der Waals surface area contributed by atoms with Gasteiger partial charge in [-0.15, -0.1) is 0 Å². The Bertz CT molecular complexity index is 925. The zero-order valence-corrected chi connectivity index (χ0v) is 13.6. The van der Waals surface area contributed by atoms with Gasteiger partial charge in [0, 0.05) is 23.1 Å². The van der Waals surface area contributed by atoms with E-state index in [1.54, 1.807) is 0 Å². The lowest BCUT2D eigenvalue weighted by Crippen LogP contribution is -2.23. The maximum atomic E-state index is 13.9. The van der Waals surface area contributed by atoms with Crippen molar-refractivity contribution in [2.75, 3.05) is 6.54 Å². The second kappa shape index (κ2) is 5.78. The topological polar surface area (TPSA) is 44.9 Å². The zero-order chi connectivity index (χ0) is 16.7. The first-order valence-corrected chi connectivity index (χ1v) is 8.39. The second-order valence-electron chi connectivity index (χ2n) is 6.31. The van der Waals surface area contributed by atoms with E-state index in [1.807, 2.05) is 0 Å². The molecule has 1 aliphatic heterocycles. The van der Waals surface area contributed by atoms with E-state index < -0.39 is 5.82 Å². The van der Waals surface area contributed by atoms with Crippen molar-refractivity contribution in [1.29, 1.82) is 0 Å². The summed E-state index contributed by atoms with van der Waals surface area (Å²) in [7, 11) is 0. The zero-order valence-electron chi connectivity index (χ0n) is 13.6. The number of amides is 1. The smallest absolute Gasteiger partial charge is 0.252 e. The molecule has 0 atom stereocenters. The molecule has 0 saturated heterocycles. The lowest BCUT2D eigenvalue weighted by atomic mass is 9.99. The van der Waals surface area contributed by atoms with Crippen molar-refractivity contribution in [3.05, 3.63) is 58.9 Å². The Morgan fingerprint density at radius 2 is 1.96 bits per heavy atom. The van der Waals surface area contributed by atoms with Crippen LogP contribution in [0.15, 0.2) is 36.4 Å². The summed E-state index contributed by atoms with van der Waals surface area (Å²) in [5.74, 6) is -0.603. The predicted octanol–water partition coefficient (Wildman–Crippen LogP) is 4.21. The van der Waals surface area contributed by atoms with E-state index >= 15 is 0 Å². The fourth-order valence-electron chi connectivity index (χ4n) is 3.56. The fourth-order valence-corrected chi connectivity index (χ4v) is 3.56. The summed E-state index contributed by atoms with van der Waals surface area (Å²) < 4.78 is 13.9. The minimum absolute atomic E-state index is 0.206. The van der Waals surface area contributed by atoms with Gasteiger partial charge < -0.3 is 10.3 Å². The summed E-state index contributed by atoms with van der Waals surface area (Å²) in [6.07, 6.45) is 2.91. The average molecular weight is 322 g/mol. The Morgan fingerprint density at radius 1 is 1.17 bits per heavy atom. The molecule has 4 heteroatoms. The molecule has 2 aromatic carbocycles. The molecule has 3 aromatic rings. The molecule has 0 bridgehead atoms. The third kappa shape index (κ3) is 2.39. The fraction of sp³-hybridized carbons (Fsp3) is 0.250. The van der Waals surface area contributed by atoms with Crippen molar-refractivity contribution in [1.82, 2.24) is 10.3 Å². The molecule has 4 rings (SSSR count). The van der Waals surface area contributed by atoms with Crippen LogP contribution in [0.2, 0.25) is 0 Å². The van der Waals surface area contributed by atoms with Gasteiger partial charge in [-0.2, -0.15) is 0 Å². The van der Waals surface area contributed by atoms with Crippen LogP contribution < -0.4 is 5.32 Å². The van der Waals surface area contributed by atoms with Crippen LogP contribution in [0.3, 0.4) is 0 Å². The van der Waals surface area contributed by atoms with E-state index in [4.69, 9.17) is 0 Å². The van der Waals surface area contributed by atoms with Gasteiger partial charge in [0.2, 0.25) is 0 Å². The maximum Gasteiger partial charge on any atom is 0.252 e. The van der Waals surface area contributed by atoms with Gasteiger partial charge in [0.15, 0.2) is 0 Å². The SMILES string of the molecule is CCCc1ccc(-c2[nH]c3cc(F)cc4c3c2CCNC4=O)cc1. The van der Waals surface area contributed by atoms with Crippen molar-refractivity contribution in [3.8, 4) is 11.3 Å². The van der Waals surface area contributed by atoms with Crippen molar-refractivity contribution in [3.63, 3.8) is 0 Å². The number of aromatic nitrogens is 1. The summed E-state index contributed by atoms with van der Waals surface area (Å²) in [4.78, 5) is 15.5. The van der Waals surface area contributed by atoms with Crippen LogP contribution in [-0.4, -0.2) is 17.4 Å². The largest absolute Gasteiger partial charge is 0.354 e. The summed E-state index contributed by atoms with van der Waals surface area (Å²) in [6.45, 7) is 2.72. The first-order valence-electron chi connectivity index (χ1n) is 8.39. The number of benzene rings is 2. The van der Waals surface area contributed by atoms with Crippen LogP contribution in [0.5, 0.6) is 0 Å². The van der Waals surface area contributed by atoms with E-state index in [0.717, 1.165) is 41.5 Å². The van der Waals surface area contributed by atoms with Crippen molar-refractivity contribution < 1.29 is 9.18 Å². The summed E-state index contributed by atoms with van der Waals surface area (Å²) in [6, 6.07) is 11.3. The van der Waals surface area contributed by atoms with Crippen LogP contribution >= 0.6 is 0 Å². The molecular weight excluding hydrogens is 303 g/mol. The number of carbonyl (C=O) groups is 1. The molecule has 0 saturated carbocycles. The van der Waals surface area contributed by atoms with E-state index in [2.05, 4.69) is 41.5 Å². The van der Waals surface area contributed by atoms with E-state index in [0.29, 0.717) is 17.6 Å². The molecule has 0 unspecified atom stereocenters. The minimum Gasteiger partial charge on any atom is -0.354 e. The summed E-state index contributed by atoms with van der Waals surface area (Å²) in [5.41, 5.74) is 5.55. The maximum absolute atomic E-state index is 13.9. The van der Waals surface area contributed by atoms with Crippen LogP contribution in [-0.2, 0) is 12.8 Å². The Morgan fingerprint density at radius 3 is 2.71 bits per heavy atom. The molecular formula is C20H19FN2O. The van der Waals surface area contributed by atoms with Gasteiger partial charge >= 0.3 is 0 Å². The summed E-state index contributed by atoms with van der Waals surface area (Å²) in [5, 5.41) is 3.70. The number of nitrogens with one attached hydrogen (secondary N) is 2. The Balaban J connectivity index is 1.91. The molecule has 0 spiro atoms. The highest BCUT2D eigenvalue weighted by molar-refractivity contribution is 6.10. The second-order valence-corrected chi connectivity index (χ2v) is 6.31. The Hall–Kier alpha value is -2.62. The van der Waals surface area contributed by atoms with Gasteiger partial charge in [0.25, 0.3) is 5.91 Å². The molecule has 1 aromatic heterocycles. The number of aryl methyl sites for hydroxylation is 1. The highest BCUT2D eigenvalue weighted by Gasteiger charge is 2.23. The van der Waals surface area contributed by atoms with E-state index in [-0.39, 0.29) is 5.91 Å². The molecule has 0 aliphatic carbocycles. The van der Waals surface area contributed by atoms with Crippen LogP contribution in [0.4, 0.5) is 4.39 Å². The quantitative estimate of drug-likeness (QED) is 0.745. The lowest BCUT2D eigenvalue weighted by Gasteiger charge is -2.05. The normalized spacial score (nSPS) is 13.8. The molecule has 24 heavy (non-hydrogen) atoms. The summed E-state index contributed by atoms with van der Waals surface area (Å²) >= 11 is 0. The van der Waals surface area contributed by atoms with Crippen LogP contribution in [0.1, 0.15) is 34.8 Å². The number of carbonyl (C=O) groups excluding carboxylic acids is 1. The number of rotatable bonds is 3.